The standard InChI is InChI=1S/C21H29N3O2/c1-13(2)16-10-18(14(3)4)20(25)19(11-16)21(26)24(6)15(5)9-17-12-22-7-8-23-17/h7-8,10-15,25H,9H2,1-6H3/t15-/m1/s1. The van der Waals surface area contributed by atoms with E-state index in [4.69, 9.17) is 0 Å². The highest BCUT2D eigenvalue weighted by Gasteiger charge is 2.24. The molecule has 2 rings (SSSR count). The molecule has 0 saturated carbocycles. The lowest BCUT2D eigenvalue weighted by Gasteiger charge is -2.26. The summed E-state index contributed by atoms with van der Waals surface area (Å²) in [5.41, 5.74) is 3.08. The predicted octanol–water partition coefficient (Wildman–Crippen LogP) is 4.13. The minimum absolute atomic E-state index is 0.0659. The molecule has 0 fully saturated rings. The van der Waals surface area contributed by atoms with Gasteiger partial charge in [-0.15, -0.1) is 0 Å². The monoisotopic (exact) mass is 355 g/mol. The van der Waals surface area contributed by atoms with Crippen LogP contribution in [0.25, 0.3) is 0 Å². The third-order valence-electron chi connectivity index (χ3n) is 4.78. The smallest absolute Gasteiger partial charge is 0.257 e. The Hall–Kier alpha value is -2.43. The zero-order valence-electron chi connectivity index (χ0n) is 16.5. The van der Waals surface area contributed by atoms with Gasteiger partial charge >= 0.3 is 0 Å². The number of aromatic nitrogens is 2. The van der Waals surface area contributed by atoms with Gasteiger partial charge in [0.1, 0.15) is 5.75 Å². The molecule has 1 aromatic heterocycles. The van der Waals surface area contributed by atoms with E-state index in [-0.39, 0.29) is 29.5 Å². The van der Waals surface area contributed by atoms with Crippen LogP contribution in [-0.2, 0) is 6.42 Å². The lowest BCUT2D eigenvalue weighted by atomic mass is 9.91. The van der Waals surface area contributed by atoms with Crippen LogP contribution < -0.4 is 0 Å². The summed E-state index contributed by atoms with van der Waals surface area (Å²) in [5.74, 6) is 0.334. The van der Waals surface area contributed by atoms with E-state index < -0.39 is 0 Å². The summed E-state index contributed by atoms with van der Waals surface area (Å²) in [6.45, 7) is 10.2. The molecule has 0 spiro atoms. The van der Waals surface area contributed by atoms with Crippen LogP contribution in [0.2, 0.25) is 0 Å². The molecule has 0 aliphatic heterocycles. The average Bonchev–Trinajstić information content (AvgIpc) is 2.61. The van der Waals surface area contributed by atoms with Crippen LogP contribution in [0.5, 0.6) is 5.75 Å². The van der Waals surface area contributed by atoms with Crippen LogP contribution in [-0.4, -0.2) is 39.0 Å². The summed E-state index contributed by atoms with van der Waals surface area (Å²) in [6.07, 6.45) is 5.60. The van der Waals surface area contributed by atoms with E-state index in [9.17, 15) is 9.90 Å². The molecule has 0 radical (unpaired) electrons. The zero-order chi connectivity index (χ0) is 19.4. The van der Waals surface area contributed by atoms with Crippen LogP contribution in [0.3, 0.4) is 0 Å². The number of likely N-dealkylation sites (N-methyl/N-ethyl adjacent to an activating group) is 1. The largest absolute Gasteiger partial charge is 0.507 e. The van der Waals surface area contributed by atoms with Gasteiger partial charge in [-0.1, -0.05) is 33.8 Å². The van der Waals surface area contributed by atoms with Crippen molar-refractivity contribution in [2.45, 2.75) is 58.9 Å². The average molecular weight is 355 g/mol. The molecular formula is C21H29N3O2. The second-order valence-electron chi connectivity index (χ2n) is 7.48. The normalized spacial score (nSPS) is 12.5. The highest BCUT2D eigenvalue weighted by Crippen LogP contribution is 2.33. The Labute approximate surface area is 156 Å². The second-order valence-corrected chi connectivity index (χ2v) is 7.48. The van der Waals surface area contributed by atoms with E-state index in [1.165, 1.54) is 0 Å². The third-order valence-corrected chi connectivity index (χ3v) is 4.78. The lowest BCUT2D eigenvalue weighted by molar-refractivity contribution is 0.0739. The van der Waals surface area contributed by atoms with Gasteiger partial charge in [0.25, 0.3) is 5.91 Å². The van der Waals surface area contributed by atoms with Crippen LogP contribution in [0.15, 0.2) is 30.7 Å². The second kappa shape index (κ2) is 8.30. The Morgan fingerprint density at radius 2 is 1.81 bits per heavy atom. The molecule has 1 amide bonds. The number of rotatable bonds is 6. The van der Waals surface area contributed by atoms with Crippen molar-refractivity contribution in [2.75, 3.05) is 7.05 Å². The van der Waals surface area contributed by atoms with Crippen LogP contribution >= 0.6 is 0 Å². The molecule has 5 nitrogen and oxygen atoms in total. The number of carbonyl (C=O) groups is 1. The third kappa shape index (κ3) is 4.40. The Morgan fingerprint density at radius 3 is 2.35 bits per heavy atom. The molecule has 0 aliphatic rings. The minimum Gasteiger partial charge on any atom is -0.507 e. The van der Waals surface area contributed by atoms with Gasteiger partial charge in [-0.05, 0) is 36.0 Å². The van der Waals surface area contributed by atoms with Crippen molar-refractivity contribution < 1.29 is 9.90 Å². The van der Waals surface area contributed by atoms with Gasteiger partial charge < -0.3 is 10.0 Å². The van der Waals surface area contributed by atoms with E-state index in [1.54, 1.807) is 30.5 Å². The summed E-state index contributed by atoms with van der Waals surface area (Å²) >= 11 is 0. The first kappa shape index (κ1) is 19.9. The maximum absolute atomic E-state index is 13.1. The lowest BCUT2D eigenvalue weighted by Crippen LogP contribution is -2.36. The topological polar surface area (TPSA) is 66.3 Å². The molecule has 0 bridgehead atoms. The number of amides is 1. The first-order valence-corrected chi connectivity index (χ1v) is 9.11. The summed E-state index contributed by atoms with van der Waals surface area (Å²) in [5, 5.41) is 10.7. The maximum Gasteiger partial charge on any atom is 0.257 e. The number of hydrogen-bond donors (Lipinski definition) is 1. The SMILES string of the molecule is CC(C)c1cc(C(=O)N(C)[C@H](C)Cc2cnccn2)c(O)c(C(C)C)c1. The molecule has 26 heavy (non-hydrogen) atoms. The Kier molecular flexibility index (Phi) is 6.35. The van der Waals surface area contributed by atoms with E-state index in [1.807, 2.05) is 32.9 Å². The summed E-state index contributed by atoms with van der Waals surface area (Å²) in [6, 6.07) is 3.76. The summed E-state index contributed by atoms with van der Waals surface area (Å²) in [4.78, 5) is 23.1. The number of phenols is 1. The van der Waals surface area contributed by atoms with Crippen molar-refractivity contribution in [1.82, 2.24) is 14.9 Å². The van der Waals surface area contributed by atoms with E-state index in [0.717, 1.165) is 16.8 Å². The predicted molar refractivity (Wildman–Crippen MR) is 104 cm³/mol. The molecule has 0 unspecified atom stereocenters. The van der Waals surface area contributed by atoms with E-state index >= 15 is 0 Å². The van der Waals surface area contributed by atoms with Crippen molar-refractivity contribution in [2.24, 2.45) is 0 Å². The molecule has 5 heteroatoms. The van der Waals surface area contributed by atoms with Gasteiger partial charge in [0.05, 0.1) is 11.3 Å². The summed E-state index contributed by atoms with van der Waals surface area (Å²) < 4.78 is 0. The van der Waals surface area contributed by atoms with Crippen molar-refractivity contribution in [3.05, 3.63) is 53.1 Å². The number of benzene rings is 1. The fourth-order valence-corrected chi connectivity index (χ4v) is 2.88. The molecule has 1 atom stereocenters. The molecular weight excluding hydrogens is 326 g/mol. The fraction of sp³-hybridized carbons (Fsp3) is 0.476. The number of phenolic OH excluding ortho intramolecular Hbond substituents is 1. The Morgan fingerprint density at radius 1 is 1.12 bits per heavy atom. The molecule has 0 aliphatic carbocycles. The molecule has 2 aromatic rings. The van der Waals surface area contributed by atoms with Crippen molar-refractivity contribution in [1.29, 1.82) is 0 Å². The fourth-order valence-electron chi connectivity index (χ4n) is 2.88. The van der Waals surface area contributed by atoms with Crippen LogP contribution in [0.4, 0.5) is 0 Å². The minimum atomic E-state index is -0.178. The Balaban J connectivity index is 2.32. The van der Waals surface area contributed by atoms with Gasteiger partial charge in [-0.25, -0.2) is 0 Å². The van der Waals surface area contributed by atoms with Gasteiger partial charge in [0, 0.05) is 38.1 Å². The number of hydrogen-bond acceptors (Lipinski definition) is 4. The first-order chi connectivity index (χ1) is 12.2. The highest BCUT2D eigenvalue weighted by atomic mass is 16.3. The van der Waals surface area contributed by atoms with Crippen molar-refractivity contribution >= 4 is 5.91 Å². The van der Waals surface area contributed by atoms with Gasteiger partial charge in [0.15, 0.2) is 0 Å². The maximum atomic E-state index is 13.1. The molecule has 140 valence electrons. The highest BCUT2D eigenvalue weighted by molar-refractivity contribution is 5.97. The van der Waals surface area contributed by atoms with Gasteiger partial charge in [0.2, 0.25) is 0 Å². The number of aromatic hydroxyl groups is 1. The van der Waals surface area contributed by atoms with E-state index in [0.29, 0.717) is 12.0 Å². The number of carbonyl (C=O) groups excluding carboxylic acids is 1. The quantitative estimate of drug-likeness (QED) is 0.846. The van der Waals surface area contributed by atoms with Crippen molar-refractivity contribution in [3.8, 4) is 5.75 Å². The van der Waals surface area contributed by atoms with Crippen LogP contribution in [0.1, 0.15) is 73.6 Å². The molecule has 0 saturated heterocycles. The molecule has 1 heterocycles. The zero-order valence-corrected chi connectivity index (χ0v) is 16.5. The summed E-state index contributed by atoms with van der Waals surface area (Å²) in [7, 11) is 1.76. The molecule has 1 N–H and O–H groups in total. The number of nitrogens with zero attached hydrogens (tertiary/aromatic N) is 3. The first-order valence-electron chi connectivity index (χ1n) is 9.11. The van der Waals surface area contributed by atoms with Crippen molar-refractivity contribution in [3.63, 3.8) is 0 Å². The van der Waals surface area contributed by atoms with Gasteiger partial charge in [-0.2, -0.15) is 0 Å². The molecule has 1 aromatic carbocycles. The van der Waals surface area contributed by atoms with E-state index in [2.05, 4.69) is 23.8 Å². The van der Waals surface area contributed by atoms with Crippen LogP contribution in [0, 0.1) is 0 Å². The Bertz CT molecular complexity index is 757. The van der Waals surface area contributed by atoms with Gasteiger partial charge in [-0.3, -0.25) is 14.8 Å².